The Hall–Kier alpha value is -3.59. The number of aromatic hydroxyl groups is 1. The lowest BCUT2D eigenvalue weighted by Gasteiger charge is -2.43. The van der Waals surface area contributed by atoms with Gasteiger partial charge < -0.3 is 19.9 Å². The number of likely N-dealkylation sites (tertiary alicyclic amines) is 1. The Bertz CT molecular complexity index is 1190. The molecule has 2 saturated heterocycles. The molecule has 3 heterocycles. The summed E-state index contributed by atoms with van der Waals surface area (Å²) in [5.74, 6) is 1.29. The zero-order valence-corrected chi connectivity index (χ0v) is 17.5. The van der Waals surface area contributed by atoms with Crippen molar-refractivity contribution in [3.05, 3.63) is 42.2 Å². The average molecular weight is 421 g/mol. The molecule has 1 spiro atoms. The largest absolute Gasteiger partial charge is 0.508 e. The van der Waals surface area contributed by atoms with Crippen molar-refractivity contribution in [3.8, 4) is 11.5 Å². The molecule has 5 rings (SSSR count). The fraction of sp³-hybridized carbons (Fsp3) is 0.318. The summed E-state index contributed by atoms with van der Waals surface area (Å²) in [6.07, 6.45) is 1.08. The van der Waals surface area contributed by atoms with Crippen LogP contribution in [0.5, 0.6) is 11.5 Å². The zero-order chi connectivity index (χ0) is 21.8. The second-order valence-electron chi connectivity index (χ2n) is 8.15. The number of nitrogens with zero attached hydrogens (tertiary/aromatic N) is 4. The van der Waals surface area contributed by atoms with E-state index >= 15 is 0 Å². The van der Waals surface area contributed by atoms with Gasteiger partial charge in [-0.25, -0.2) is 14.8 Å². The van der Waals surface area contributed by atoms with E-state index in [1.807, 2.05) is 26.1 Å². The fourth-order valence-electron chi connectivity index (χ4n) is 4.34. The summed E-state index contributed by atoms with van der Waals surface area (Å²) in [4.78, 5) is 25.2. The van der Waals surface area contributed by atoms with Crippen LogP contribution in [-0.2, 0) is 4.74 Å². The Labute approximate surface area is 179 Å². The number of methoxy groups -OCH3 is 1. The van der Waals surface area contributed by atoms with Crippen LogP contribution in [0.2, 0.25) is 0 Å². The molecule has 2 aliphatic rings. The van der Waals surface area contributed by atoms with Gasteiger partial charge in [0, 0.05) is 35.8 Å². The van der Waals surface area contributed by atoms with E-state index in [1.165, 1.54) is 6.33 Å². The molecule has 2 N–H and O–H groups in total. The topological polar surface area (TPSA) is 100 Å². The second-order valence-corrected chi connectivity index (χ2v) is 8.15. The Morgan fingerprint density at radius 2 is 2.03 bits per heavy atom. The highest BCUT2D eigenvalue weighted by Crippen LogP contribution is 2.41. The Morgan fingerprint density at radius 1 is 1.23 bits per heavy atom. The van der Waals surface area contributed by atoms with Gasteiger partial charge in [0.1, 0.15) is 23.6 Å². The van der Waals surface area contributed by atoms with Gasteiger partial charge in [-0.05, 0) is 32.2 Å². The Balaban J connectivity index is 1.57. The van der Waals surface area contributed by atoms with Crippen LogP contribution in [0.15, 0.2) is 36.7 Å². The predicted molar refractivity (Wildman–Crippen MR) is 116 cm³/mol. The van der Waals surface area contributed by atoms with Crippen molar-refractivity contribution in [3.63, 3.8) is 0 Å². The third-order valence-corrected chi connectivity index (χ3v) is 5.87. The molecule has 31 heavy (non-hydrogen) atoms. The van der Waals surface area contributed by atoms with Gasteiger partial charge in [0.2, 0.25) is 0 Å². The molecule has 160 valence electrons. The molecule has 0 unspecified atom stereocenters. The number of hydrogen-bond donors (Lipinski definition) is 2. The number of ether oxygens (including phenoxy) is 2. The Morgan fingerprint density at radius 3 is 2.77 bits per heavy atom. The smallest absolute Gasteiger partial charge is 0.415 e. The first-order chi connectivity index (χ1) is 14.9. The molecule has 2 aliphatic heterocycles. The number of benzene rings is 2. The van der Waals surface area contributed by atoms with E-state index in [-0.39, 0.29) is 11.8 Å². The van der Waals surface area contributed by atoms with Crippen LogP contribution < -0.4 is 15.0 Å². The summed E-state index contributed by atoms with van der Waals surface area (Å²) in [7, 11) is 3.56. The van der Waals surface area contributed by atoms with Crippen LogP contribution in [0.1, 0.15) is 5.56 Å². The number of phenolic OH excluding ortho intramolecular Hbond substituents is 1. The summed E-state index contributed by atoms with van der Waals surface area (Å²) >= 11 is 0. The molecule has 0 aliphatic carbocycles. The number of likely N-dealkylation sites (N-methyl/N-ethyl adjacent to an activating group) is 1. The van der Waals surface area contributed by atoms with Crippen LogP contribution in [0, 0.1) is 6.92 Å². The highest BCUT2D eigenvalue weighted by atomic mass is 16.6. The van der Waals surface area contributed by atoms with E-state index in [4.69, 9.17) is 9.47 Å². The standard InChI is InChI=1S/C22H23N5O4/c1-13-15(5-4-6-18(13)28)25-20-14-7-17(19(30-3)8-16(14)23-12-24-20)27-11-22(31-21(27)29)9-26(2)10-22/h4-8,12,28H,9-11H2,1-3H3,(H,23,24,25). The number of phenols is 1. The summed E-state index contributed by atoms with van der Waals surface area (Å²) in [5.41, 5.74) is 2.24. The van der Waals surface area contributed by atoms with E-state index in [0.717, 1.165) is 11.1 Å². The third kappa shape index (κ3) is 3.17. The number of amides is 1. The molecule has 2 aromatic carbocycles. The molecule has 3 aromatic rings. The number of nitrogens with one attached hydrogen (secondary N) is 1. The number of carbonyl (C=O) groups is 1. The van der Waals surface area contributed by atoms with Crippen molar-refractivity contribution in [1.82, 2.24) is 14.9 Å². The molecule has 0 radical (unpaired) electrons. The van der Waals surface area contributed by atoms with Gasteiger partial charge >= 0.3 is 6.09 Å². The van der Waals surface area contributed by atoms with Crippen LogP contribution in [0.25, 0.3) is 10.9 Å². The van der Waals surface area contributed by atoms with Crippen LogP contribution in [-0.4, -0.2) is 65.5 Å². The maximum Gasteiger partial charge on any atom is 0.415 e. The number of fused-ring (bicyclic) bond motifs is 1. The van der Waals surface area contributed by atoms with Crippen molar-refractivity contribution >= 4 is 34.2 Å². The van der Waals surface area contributed by atoms with Gasteiger partial charge in [-0.2, -0.15) is 0 Å². The fourth-order valence-corrected chi connectivity index (χ4v) is 4.34. The minimum absolute atomic E-state index is 0.196. The summed E-state index contributed by atoms with van der Waals surface area (Å²) < 4.78 is 11.3. The molecule has 1 aromatic heterocycles. The molecule has 9 heteroatoms. The predicted octanol–water partition coefficient (Wildman–Crippen LogP) is 3.04. The molecule has 1 amide bonds. The van der Waals surface area contributed by atoms with Crippen molar-refractivity contribution < 1.29 is 19.4 Å². The normalized spacial score (nSPS) is 17.6. The molecule has 0 atom stereocenters. The first-order valence-electron chi connectivity index (χ1n) is 9.96. The van der Waals surface area contributed by atoms with Gasteiger partial charge in [-0.1, -0.05) is 6.07 Å². The van der Waals surface area contributed by atoms with Gasteiger partial charge in [0.15, 0.2) is 5.60 Å². The summed E-state index contributed by atoms with van der Waals surface area (Å²) in [5, 5.41) is 14.0. The van der Waals surface area contributed by atoms with Gasteiger partial charge in [-0.3, -0.25) is 9.80 Å². The lowest BCUT2D eigenvalue weighted by Crippen LogP contribution is -2.62. The van der Waals surface area contributed by atoms with E-state index in [9.17, 15) is 9.90 Å². The SMILES string of the molecule is COc1cc2ncnc(Nc3cccc(O)c3C)c2cc1N1CC2(CN(C)C2)OC1=O. The lowest BCUT2D eigenvalue weighted by molar-refractivity contribution is -0.0599. The second kappa shape index (κ2) is 6.98. The molecule has 9 nitrogen and oxygen atoms in total. The van der Waals surface area contributed by atoms with E-state index in [2.05, 4.69) is 20.2 Å². The van der Waals surface area contributed by atoms with E-state index in [1.54, 1.807) is 30.2 Å². The first kappa shape index (κ1) is 19.4. The van der Waals surface area contributed by atoms with Crippen LogP contribution in [0.3, 0.4) is 0 Å². The van der Waals surface area contributed by atoms with Gasteiger partial charge in [-0.15, -0.1) is 0 Å². The minimum atomic E-state index is -0.473. The van der Waals surface area contributed by atoms with Crippen LogP contribution >= 0.6 is 0 Å². The van der Waals surface area contributed by atoms with Crippen molar-refractivity contribution in [2.45, 2.75) is 12.5 Å². The highest BCUT2D eigenvalue weighted by molar-refractivity contribution is 6.00. The van der Waals surface area contributed by atoms with Gasteiger partial charge in [0.25, 0.3) is 0 Å². The Kier molecular flexibility index (Phi) is 4.37. The number of carbonyl (C=O) groups excluding carboxylic acids is 1. The van der Waals surface area contributed by atoms with E-state index < -0.39 is 5.60 Å². The number of anilines is 3. The van der Waals surface area contributed by atoms with Gasteiger partial charge in [0.05, 0.1) is 24.9 Å². The number of rotatable bonds is 4. The number of aromatic nitrogens is 2. The third-order valence-electron chi connectivity index (χ3n) is 5.87. The summed E-state index contributed by atoms with van der Waals surface area (Å²) in [6, 6.07) is 8.89. The summed E-state index contributed by atoms with van der Waals surface area (Å²) in [6.45, 7) is 3.70. The van der Waals surface area contributed by atoms with Crippen molar-refractivity contribution in [2.24, 2.45) is 0 Å². The van der Waals surface area contributed by atoms with E-state index in [0.29, 0.717) is 48.0 Å². The minimum Gasteiger partial charge on any atom is -0.508 e. The van der Waals surface area contributed by atoms with Crippen molar-refractivity contribution in [2.75, 3.05) is 44.0 Å². The average Bonchev–Trinajstić information content (AvgIpc) is 3.07. The molecule has 0 saturated carbocycles. The molecule has 2 fully saturated rings. The van der Waals surface area contributed by atoms with Crippen molar-refractivity contribution in [1.29, 1.82) is 0 Å². The highest BCUT2D eigenvalue weighted by Gasteiger charge is 2.53. The lowest BCUT2D eigenvalue weighted by atomic mass is 9.95. The number of hydrogen-bond acceptors (Lipinski definition) is 8. The molecular weight excluding hydrogens is 398 g/mol. The molecule has 0 bridgehead atoms. The monoisotopic (exact) mass is 421 g/mol. The first-order valence-corrected chi connectivity index (χ1v) is 9.96. The zero-order valence-electron chi connectivity index (χ0n) is 17.5. The maximum atomic E-state index is 12.7. The quantitative estimate of drug-likeness (QED) is 0.663. The van der Waals surface area contributed by atoms with Crippen LogP contribution in [0.4, 0.5) is 22.0 Å². The molecular formula is C22H23N5O4. The maximum absolute atomic E-state index is 12.7.